The summed E-state index contributed by atoms with van der Waals surface area (Å²) in [6.45, 7) is 0.217. The predicted octanol–water partition coefficient (Wildman–Crippen LogP) is 0.346. The first-order valence-electron chi connectivity index (χ1n) is 8.60. The number of hydrogen-bond acceptors (Lipinski definition) is 6. The molecule has 3 aromatic rings. The van der Waals surface area contributed by atoms with Crippen LogP contribution in [0.25, 0.3) is 10.9 Å². The Hall–Kier alpha value is -3.75. The number of rotatable bonds is 7. The van der Waals surface area contributed by atoms with Crippen molar-refractivity contribution < 1.29 is 14.3 Å². The van der Waals surface area contributed by atoms with Gasteiger partial charge in [-0.25, -0.2) is 4.68 Å². The number of carbonyl (C=O) groups excluding carboxylic acids is 2. The van der Waals surface area contributed by atoms with Crippen LogP contribution in [0.15, 0.2) is 53.3 Å². The Balaban J connectivity index is 1.47. The number of amides is 2. The summed E-state index contributed by atoms with van der Waals surface area (Å²) in [5.74, 6) is 0.00902. The van der Waals surface area contributed by atoms with E-state index in [1.807, 2.05) is 0 Å². The van der Waals surface area contributed by atoms with Crippen LogP contribution in [0.4, 0.5) is 0 Å². The molecule has 3 rings (SSSR count). The quantitative estimate of drug-likeness (QED) is 0.571. The van der Waals surface area contributed by atoms with Gasteiger partial charge in [-0.1, -0.05) is 17.3 Å². The van der Waals surface area contributed by atoms with E-state index in [1.54, 1.807) is 55.6 Å². The van der Waals surface area contributed by atoms with Crippen molar-refractivity contribution in [3.05, 3.63) is 64.4 Å². The van der Waals surface area contributed by atoms with Crippen LogP contribution in [-0.4, -0.2) is 47.0 Å². The van der Waals surface area contributed by atoms with Gasteiger partial charge in [-0.05, 0) is 36.4 Å². The first kappa shape index (κ1) is 19.0. The van der Waals surface area contributed by atoms with Crippen LogP contribution in [-0.2, 0) is 11.3 Å². The van der Waals surface area contributed by atoms with Gasteiger partial charge in [0.2, 0.25) is 5.91 Å². The van der Waals surface area contributed by atoms with Crippen LogP contribution < -0.4 is 20.9 Å². The first-order valence-corrected chi connectivity index (χ1v) is 8.60. The van der Waals surface area contributed by atoms with Gasteiger partial charge < -0.3 is 15.4 Å². The minimum Gasteiger partial charge on any atom is -0.497 e. The van der Waals surface area contributed by atoms with E-state index in [0.29, 0.717) is 22.2 Å². The number of carbonyl (C=O) groups is 2. The molecule has 1 aromatic heterocycles. The smallest absolute Gasteiger partial charge is 0.278 e. The molecule has 0 aliphatic carbocycles. The number of ether oxygens (including phenoxy) is 1. The Morgan fingerprint density at radius 1 is 1.04 bits per heavy atom. The normalized spacial score (nSPS) is 10.5. The lowest BCUT2D eigenvalue weighted by Gasteiger charge is -2.08. The van der Waals surface area contributed by atoms with E-state index in [4.69, 9.17) is 4.74 Å². The molecular weight excluding hydrogens is 362 g/mol. The van der Waals surface area contributed by atoms with E-state index in [-0.39, 0.29) is 31.1 Å². The Kier molecular flexibility index (Phi) is 5.95. The minimum absolute atomic E-state index is 0.219. The van der Waals surface area contributed by atoms with Crippen LogP contribution in [0.1, 0.15) is 10.4 Å². The molecule has 9 nitrogen and oxygen atoms in total. The third-order valence-electron chi connectivity index (χ3n) is 4.01. The highest BCUT2D eigenvalue weighted by molar-refractivity contribution is 5.94. The number of fused-ring (bicyclic) bond motifs is 1. The monoisotopic (exact) mass is 381 g/mol. The third kappa shape index (κ3) is 4.50. The van der Waals surface area contributed by atoms with Crippen molar-refractivity contribution in [3.63, 3.8) is 0 Å². The minimum atomic E-state index is -0.398. The lowest BCUT2D eigenvalue weighted by Crippen LogP contribution is -2.38. The fourth-order valence-corrected chi connectivity index (χ4v) is 2.54. The van der Waals surface area contributed by atoms with E-state index < -0.39 is 5.91 Å². The summed E-state index contributed by atoms with van der Waals surface area (Å²) in [5, 5.41) is 13.4. The zero-order valence-electron chi connectivity index (χ0n) is 15.2. The van der Waals surface area contributed by atoms with Gasteiger partial charge in [0.05, 0.1) is 12.5 Å². The predicted molar refractivity (Wildman–Crippen MR) is 102 cm³/mol. The van der Waals surface area contributed by atoms with Crippen LogP contribution in [0.5, 0.6) is 5.75 Å². The highest BCUT2D eigenvalue weighted by atomic mass is 16.5. The maximum atomic E-state index is 12.3. The van der Waals surface area contributed by atoms with Crippen molar-refractivity contribution in [1.29, 1.82) is 0 Å². The van der Waals surface area contributed by atoms with E-state index in [0.717, 1.165) is 4.68 Å². The summed E-state index contributed by atoms with van der Waals surface area (Å²) in [4.78, 5) is 36.3. The van der Waals surface area contributed by atoms with Crippen molar-refractivity contribution >= 4 is 22.7 Å². The number of nitrogens with zero attached hydrogens (tertiary/aromatic N) is 3. The van der Waals surface area contributed by atoms with Crippen molar-refractivity contribution in [2.45, 2.75) is 6.54 Å². The Labute approximate surface area is 160 Å². The topological polar surface area (TPSA) is 115 Å². The highest BCUT2D eigenvalue weighted by Crippen LogP contribution is 2.10. The number of nitrogens with one attached hydrogen (secondary N) is 2. The second-order valence-corrected chi connectivity index (χ2v) is 5.90. The summed E-state index contributed by atoms with van der Waals surface area (Å²) in [5.41, 5.74) is 0.587. The summed E-state index contributed by atoms with van der Waals surface area (Å²) in [7, 11) is 1.55. The molecule has 144 valence electrons. The van der Waals surface area contributed by atoms with Gasteiger partial charge in [0.25, 0.3) is 11.5 Å². The maximum Gasteiger partial charge on any atom is 0.278 e. The highest BCUT2D eigenvalue weighted by Gasteiger charge is 2.09. The molecule has 0 spiro atoms. The van der Waals surface area contributed by atoms with Crippen LogP contribution in [0.3, 0.4) is 0 Å². The summed E-state index contributed by atoms with van der Waals surface area (Å²) in [6, 6.07) is 13.5. The van der Waals surface area contributed by atoms with Crippen LogP contribution in [0, 0.1) is 0 Å². The summed E-state index contributed by atoms with van der Waals surface area (Å²) in [6.07, 6.45) is 0. The average Bonchev–Trinajstić information content (AvgIpc) is 2.73. The molecule has 9 heteroatoms. The molecule has 0 saturated heterocycles. The second kappa shape index (κ2) is 8.76. The maximum absolute atomic E-state index is 12.3. The van der Waals surface area contributed by atoms with Crippen LogP contribution >= 0.6 is 0 Å². The largest absolute Gasteiger partial charge is 0.497 e. The van der Waals surface area contributed by atoms with E-state index in [2.05, 4.69) is 20.9 Å². The second-order valence-electron chi connectivity index (χ2n) is 5.90. The molecule has 0 saturated carbocycles. The molecule has 0 fully saturated rings. The Morgan fingerprint density at radius 2 is 1.75 bits per heavy atom. The molecule has 0 bridgehead atoms. The van der Waals surface area contributed by atoms with Gasteiger partial charge in [-0.15, -0.1) is 5.10 Å². The molecule has 2 amide bonds. The SMILES string of the molecule is COc1ccc(C(=O)NCCNC(=O)Cn2nnc3ccccc3c2=O)cc1. The van der Waals surface area contributed by atoms with Gasteiger partial charge in [-0.3, -0.25) is 14.4 Å². The van der Waals surface area contributed by atoms with Crippen LogP contribution in [0.2, 0.25) is 0 Å². The molecule has 2 aromatic carbocycles. The zero-order chi connectivity index (χ0) is 19.9. The lowest BCUT2D eigenvalue weighted by atomic mass is 10.2. The summed E-state index contributed by atoms with van der Waals surface area (Å²) >= 11 is 0. The molecular formula is C19H19N5O4. The van der Waals surface area contributed by atoms with Crippen molar-refractivity contribution in [1.82, 2.24) is 25.6 Å². The number of aromatic nitrogens is 3. The molecule has 0 atom stereocenters. The Morgan fingerprint density at radius 3 is 2.50 bits per heavy atom. The fraction of sp³-hybridized carbons (Fsp3) is 0.211. The average molecular weight is 381 g/mol. The van der Waals surface area contributed by atoms with Crippen molar-refractivity contribution in [2.24, 2.45) is 0 Å². The van der Waals surface area contributed by atoms with Crippen molar-refractivity contribution in [2.75, 3.05) is 20.2 Å². The summed E-state index contributed by atoms with van der Waals surface area (Å²) < 4.78 is 6.05. The van der Waals surface area contributed by atoms with Gasteiger partial charge in [0.15, 0.2) is 0 Å². The van der Waals surface area contributed by atoms with Gasteiger partial charge in [-0.2, -0.15) is 0 Å². The molecule has 28 heavy (non-hydrogen) atoms. The Bertz CT molecular complexity index is 1050. The third-order valence-corrected chi connectivity index (χ3v) is 4.01. The molecule has 1 heterocycles. The van der Waals surface area contributed by atoms with Gasteiger partial charge in [0, 0.05) is 18.7 Å². The number of hydrogen-bond donors (Lipinski definition) is 2. The van der Waals surface area contributed by atoms with E-state index in [1.165, 1.54) is 0 Å². The zero-order valence-corrected chi connectivity index (χ0v) is 15.2. The van der Waals surface area contributed by atoms with E-state index in [9.17, 15) is 14.4 Å². The van der Waals surface area contributed by atoms with Crippen molar-refractivity contribution in [3.8, 4) is 5.75 Å². The lowest BCUT2D eigenvalue weighted by molar-refractivity contribution is -0.121. The molecule has 0 aliphatic rings. The molecule has 0 unspecified atom stereocenters. The van der Waals surface area contributed by atoms with E-state index >= 15 is 0 Å². The molecule has 0 radical (unpaired) electrons. The number of methoxy groups -OCH3 is 1. The first-order chi connectivity index (χ1) is 13.6. The standard InChI is InChI=1S/C19H19N5O4/c1-28-14-8-6-13(7-9-14)18(26)21-11-10-20-17(25)12-24-19(27)15-4-2-3-5-16(15)22-23-24/h2-9H,10-12H2,1H3,(H,20,25)(H,21,26). The fourth-order valence-electron chi connectivity index (χ4n) is 2.54. The molecule has 2 N–H and O–H groups in total. The molecule has 0 aliphatic heterocycles. The van der Waals surface area contributed by atoms with Gasteiger partial charge >= 0.3 is 0 Å². The number of benzene rings is 2. The van der Waals surface area contributed by atoms with Gasteiger partial charge in [0.1, 0.15) is 17.8 Å².